The molecule has 0 aliphatic carbocycles. The molecule has 1 aliphatic heterocycles. The summed E-state index contributed by atoms with van der Waals surface area (Å²) in [7, 11) is 2.03. The van der Waals surface area contributed by atoms with Gasteiger partial charge in [0.05, 0.1) is 6.04 Å². The third-order valence-corrected chi connectivity index (χ3v) is 3.14. The summed E-state index contributed by atoms with van der Waals surface area (Å²) in [5.41, 5.74) is 0. The Labute approximate surface area is 82.1 Å². The lowest BCUT2D eigenvalue weighted by atomic mass is 10.2. The largest absolute Gasteiger partial charge is 0.308 e. The van der Waals surface area contributed by atoms with Gasteiger partial charge in [0.25, 0.3) is 0 Å². The zero-order chi connectivity index (χ0) is 9.26. The van der Waals surface area contributed by atoms with Gasteiger partial charge in [-0.2, -0.15) is 0 Å². The number of nitrogens with one attached hydrogen (secondary N) is 1. The molecule has 0 saturated carbocycles. The van der Waals surface area contributed by atoms with Crippen LogP contribution in [0.5, 0.6) is 0 Å². The van der Waals surface area contributed by atoms with Gasteiger partial charge in [-0.05, 0) is 25.6 Å². The van der Waals surface area contributed by atoms with E-state index in [1.54, 1.807) is 11.8 Å². The van der Waals surface area contributed by atoms with Crippen molar-refractivity contribution in [2.75, 3.05) is 12.8 Å². The smallest absolute Gasteiger partial charge is 0.190 e. The van der Waals surface area contributed by atoms with E-state index in [9.17, 15) is 0 Å². The minimum Gasteiger partial charge on any atom is -0.308 e. The summed E-state index contributed by atoms with van der Waals surface area (Å²) in [4.78, 5) is 0. The van der Waals surface area contributed by atoms with E-state index in [1.807, 2.05) is 13.3 Å². The first-order chi connectivity index (χ1) is 6.33. The molecule has 72 valence electrons. The monoisotopic (exact) mass is 198 g/mol. The van der Waals surface area contributed by atoms with Crippen LogP contribution in [0.25, 0.3) is 0 Å². The summed E-state index contributed by atoms with van der Waals surface area (Å²) in [5, 5.41) is 12.7. The maximum Gasteiger partial charge on any atom is 0.190 e. The van der Waals surface area contributed by atoms with Crippen LogP contribution < -0.4 is 5.32 Å². The highest BCUT2D eigenvalue weighted by Gasteiger charge is 2.21. The highest BCUT2D eigenvalue weighted by Crippen LogP contribution is 2.23. The zero-order valence-electron chi connectivity index (χ0n) is 7.95. The van der Waals surface area contributed by atoms with Crippen LogP contribution in [0.2, 0.25) is 0 Å². The van der Waals surface area contributed by atoms with Gasteiger partial charge in [-0.25, -0.2) is 0 Å². The Balaban J connectivity index is 2.24. The fourth-order valence-corrected chi connectivity index (χ4v) is 2.20. The average molecular weight is 198 g/mol. The Morgan fingerprint density at radius 1 is 1.54 bits per heavy atom. The molecule has 1 aromatic rings. The summed E-state index contributed by atoms with van der Waals surface area (Å²) < 4.78 is 2.08. The maximum atomic E-state index is 4.20. The number of nitrogens with zero attached hydrogens (tertiary/aromatic N) is 3. The first-order valence-electron chi connectivity index (χ1n) is 4.49. The molecule has 0 amide bonds. The fourth-order valence-electron chi connectivity index (χ4n) is 1.71. The standard InChI is InChI=1S/C8H14N4S/c1-12-7(6-4-3-5-9-6)10-11-8(12)13-2/h6,9H,3-5H2,1-2H3/t6-/m1/s1. The molecule has 0 radical (unpaired) electrons. The van der Waals surface area contributed by atoms with E-state index in [0.717, 1.165) is 17.5 Å². The number of hydrogen-bond acceptors (Lipinski definition) is 4. The van der Waals surface area contributed by atoms with Crippen molar-refractivity contribution in [2.45, 2.75) is 24.0 Å². The molecular formula is C8H14N4S. The fraction of sp³-hybridized carbons (Fsp3) is 0.750. The topological polar surface area (TPSA) is 42.7 Å². The van der Waals surface area contributed by atoms with E-state index in [1.165, 1.54) is 12.8 Å². The van der Waals surface area contributed by atoms with Crippen molar-refractivity contribution in [1.29, 1.82) is 0 Å². The number of rotatable bonds is 2. The molecule has 0 bridgehead atoms. The van der Waals surface area contributed by atoms with Crippen LogP contribution in [0.4, 0.5) is 0 Å². The van der Waals surface area contributed by atoms with E-state index >= 15 is 0 Å². The summed E-state index contributed by atoms with van der Waals surface area (Å²) in [6.45, 7) is 1.10. The first-order valence-corrected chi connectivity index (χ1v) is 5.72. The molecule has 1 N–H and O–H groups in total. The number of aromatic nitrogens is 3. The van der Waals surface area contributed by atoms with Crippen LogP contribution in [0.15, 0.2) is 5.16 Å². The van der Waals surface area contributed by atoms with Crippen LogP contribution >= 0.6 is 11.8 Å². The normalized spacial score (nSPS) is 22.5. The van der Waals surface area contributed by atoms with Crippen molar-refractivity contribution in [3.63, 3.8) is 0 Å². The summed E-state index contributed by atoms with van der Waals surface area (Å²) in [5.74, 6) is 1.07. The van der Waals surface area contributed by atoms with Gasteiger partial charge in [0.1, 0.15) is 0 Å². The van der Waals surface area contributed by atoms with Crippen LogP contribution in [0.1, 0.15) is 24.7 Å². The van der Waals surface area contributed by atoms with Gasteiger partial charge < -0.3 is 9.88 Å². The van der Waals surface area contributed by atoms with Gasteiger partial charge in [0.2, 0.25) is 0 Å². The van der Waals surface area contributed by atoms with Crippen LogP contribution in [-0.2, 0) is 7.05 Å². The predicted molar refractivity (Wildman–Crippen MR) is 52.8 cm³/mol. The maximum absolute atomic E-state index is 4.20. The predicted octanol–water partition coefficient (Wildman–Crippen LogP) is 0.962. The molecule has 5 heteroatoms. The lowest BCUT2D eigenvalue weighted by Gasteiger charge is -2.08. The molecule has 0 aromatic carbocycles. The van der Waals surface area contributed by atoms with E-state index in [2.05, 4.69) is 20.1 Å². The lowest BCUT2D eigenvalue weighted by Crippen LogP contribution is -2.17. The van der Waals surface area contributed by atoms with Gasteiger partial charge in [-0.1, -0.05) is 11.8 Å². The Bertz CT molecular complexity index is 290. The molecule has 2 rings (SSSR count). The quantitative estimate of drug-likeness (QED) is 0.719. The molecule has 1 aromatic heterocycles. The molecule has 1 fully saturated rings. The van der Waals surface area contributed by atoms with Crippen molar-refractivity contribution in [1.82, 2.24) is 20.1 Å². The van der Waals surface area contributed by atoms with Crippen molar-refractivity contribution < 1.29 is 0 Å². The van der Waals surface area contributed by atoms with Crippen LogP contribution in [0, 0.1) is 0 Å². The van der Waals surface area contributed by atoms with Crippen molar-refractivity contribution >= 4 is 11.8 Å². The first kappa shape index (κ1) is 9.02. The van der Waals surface area contributed by atoms with Gasteiger partial charge in [-0.3, -0.25) is 0 Å². The van der Waals surface area contributed by atoms with E-state index in [0.29, 0.717) is 6.04 Å². The van der Waals surface area contributed by atoms with Crippen molar-refractivity contribution in [3.05, 3.63) is 5.82 Å². The molecule has 4 nitrogen and oxygen atoms in total. The lowest BCUT2D eigenvalue weighted by molar-refractivity contribution is 0.569. The SMILES string of the molecule is CSc1nnc([C@H]2CCCN2)n1C. The molecule has 1 saturated heterocycles. The minimum absolute atomic E-state index is 0.415. The second kappa shape index (κ2) is 3.67. The van der Waals surface area contributed by atoms with E-state index in [4.69, 9.17) is 0 Å². The van der Waals surface area contributed by atoms with E-state index < -0.39 is 0 Å². The van der Waals surface area contributed by atoms with Gasteiger partial charge in [-0.15, -0.1) is 10.2 Å². The van der Waals surface area contributed by atoms with Gasteiger partial charge in [0.15, 0.2) is 11.0 Å². The molecule has 1 atom stereocenters. The molecule has 2 heterocycles. The summed E-state index contributed by atoms with van der Waals surface area (Å²) in [6, 6.07) is 0.415. The van der Waals surface area contributed by atoms with Crippen molar-refractivity contribution in [3.8, 4) is 0 Å². The second-order valence-corrected chi connectivity index (χ2v) is 4.03. The van der Waals surface area contributed by atoms with Crippen molar-refractivity contribution in [2.24, 2.45) is 7.05 Å². The minimum atomic E-state index is 0.415. The molecule has 13 heavy (non-hydrogen) atoms. The Morgan fingerprint density at radius 3 is 2.92 bits per heavy atom. The highest BCUT2D eigenvalue weighted by molar-refractivity contribution is 7.98. The summed E-state index contributed by atoms with van der Waals surface area (Å²) >= 11 is 1.64. The molecule has 1 aliphatic rings. The highest BCUT2D eigenvalue weighted by atomic mass is 32.2. The van der Waals surface area contributed by atoms with Crippen LogP contribution in [-0.4, -0.2) is 27.6 Å². The molecular weight excluding hydrogens is 184 g/mol. The van der Waals surface area contributed by atoms with Gasteiger partial charge >= 0.3 is 0 Å². The van der Waals surface area contributed by atoms with Gasteiger partial charge in [0, 0.05) is 7.05 Å². The Kier molecular flexibility index (Phi) is 2.55. The zero-order valence-corrected chi connectivity index (χ0v) is 8.77. The third-order valence-electron chi connectivity index (χ3n) is 2.42. The second-order valence-electron chi connectivity index (χ2n) is 3.25. The van der Waals surface area contributed by atoms with E-state index in [-0.39, 0.29) is 0 Å². The molecule has 0 spiro atoms. The number of thioether (sulfide) groups is 1. The summed E-state index contributed by atoms with van der Waals surface area (Å²) in [6.07, 6.45) is 4.45. The molecule has 0 unspecified atom stereocenters. The number of hydrogen-bond donors (Lipinski definition) is 1. The average Bonchev–Trinajstić information content (AvgIpc) is 2.72. The third kappa shape index (κ3) is 1.58. The Morgan fingerprint density at radius 2 is 2.38 bits per heavy atom. The van der Waals surface area contributed by atoms with Crippen LogP contribution in [0.3, 0.4) is 0 Å². The Hall–Kier alpha value is -0.550.